The number of carbonyl (C=O) groups excluding carboxylic acids is 1. The molecule has 3 aromatic rings. The molecule has 0 spiro atoms. The van der Waals surface area contributed by atoms with Gasteiger partial charge in [-0.3, -0.25) is 14.3 Å². The molecule has 1 N–H and O–H groups in total. The number of fused-ring (bicyclic) bond motifs is 1. The molecule has 5 rings (SSSR count). The highest BCUT2D eigenvalue weighted by Gasteiger charge is 2.31. The van der Waals surface area contributed by atoms with Crippen LogP contribution in [0.5, 0.6) is 11.5 Å². The zero-order valence-electron chi connectivity index (χ0n) is 19.6. The molecule has 2 fully saturated rings. The number of alkyl halides is 3. The van der Waals surface area contributed by atoms with Gasteiger partial charge in [0.2, 0.25) is 0 Å². The number of likely N-dealkylation sites (tertiary alicyclic amines) is 2. The maximum Gasteiger partial charge on any atom is 0.573 e. The van der Waals surface area contributed by atoms with Gasteiger partial charge < -0.3 is 19.3 Å². The minimum atomic E-state index is -4.79. The summed E-state index contributed by atoms with van der Waals surface area (Å²) in [6, 6.07) is 6.57. The van der Waals surface area contributed by atoms with E-state index < -0.39 is 6.36 Å². The predicted molar refractivity (Wildman–Crippen MR) is 124 cm³/mol. The molecule has 0 aliphatic carbocycles. The number of halogens is 3. The summed E-state index contributed by atoms with van der Waals surface area (Å²) in [4.78, 5) is 36.6. The average Bonchev–Trinajstić information content (AvgIpc) is 3.39. The van der Waals surface area contributed by atoms with E-state index in [0.717, 1.165) is 31.6 Å². The Morgan fingerprint density at radius 3 is 2.44 bits per heavy atom. The van der Waals surface area contributed by atoms with Gasteiger partial charge in [0.15, 0.2) is 5.65 Å². The van der Waals surface area contributed by atoms with Crippen LogP contribution in [0.4, 0.5) is 13.2 Å². The van der Waals surface area contributed by atoms with Crippen LogP contribution in [0.2, 0.25) is 0 Å². The Kier molecular flexibility index (Phi) is 6.37. The number of hydrogen-bond acceptors (Lipinski definition) is 6. The lowest BCUT2D eigenvalue weighted by molar-refractivity contribution is -0.274. The van der Waals surface area contributed by atoms with E-state index in [0.29, 0.717) is 42.8 Å². The number of ether oxygens (including phenoxy) is 2. The van der Waals surface area contributed by atoms with E-state index >= 15 is 0 Å². The Balaban J connectivity index is 1.26. The molecule has 2 aliphatic rings. The SMILES string of the molecule is CN1CCC(Oc2cnc3[nH]c(=O)n(C4CCN(C(=O)c5ccc(OC(F)(F)F)cc5)CC4)c3c2)C1. The van der Waals surface area contributed by atoms with Crippen molar-refractivity contribution in [3.63, 3.8) is 0 Å². The van der Waals surface area contributed by atoms with E-state index in [1.54, 1.807) is 15.7 Å². The van der Waals surface area contributed by atoms with Gasteiger partial charge >= 0.3 is 12.1 Å². The number of pyridine rings is 1. The van der Waals surface area contributed by atoms with Gasteiger partial charge in [-0.15, -0.1) is 13.2 Å². The smallest absolute Gasteiger partial charge is 0.487 e. The van der Waals surface area contributed by atoms with Crippen molar-refractivity contribution in [3.8, 4) is 11.5 Å². The number of carbonyl (C=O) groups is 1. The Morgan fingerprint density at radius 2 is 1.81 bits per heavy atom. The van der Waals surface area contributed by atoms with Crippen molar-refractivity contribution in [2.75, 3.05) is 33.2 Å². The first kappa shape index (κ1) is 24.2. The Hall–Kier alpha value is -3.54. The van der Waals surface area contributed by atoms with E-state index in [-0.39, 0.29) is 35.1 Å². The van der Waals surface area contributed by atoms with Crippen molar-refractivity contribution in [2.45, 2.75) is 37.8 Å². The molecule has 4 heterocycles. The maximum absolute atomic E-state index is 12.9. The zero-order valence-corrected chi connectivity index (χ0v) is 19.6. The normalized spacial score (nSPS) is 19.7. The van der Waals surface area contributed by atoms with E-state index in [1.807, 2.05) is 13.1 Å². The second-order valence-corrected chi connectivity index (χ2v) is 9.23. The lowest BCUT2D eigenvalue weighted by Gasteiger charge is -2.32. The number of benzene rings is 1. The Labute approximate surface area is 204 Å². The number of imidazole rings is 1. The van der Waals surface area contributed by atoms with Gasteiger partial charge in [0.25, 0.3) is 5.91 Å². The summed E-state index contributed by atoms with van der Waals surface area (Å²) in [5.41, 5.74) is 1.15. The molecule has 2 aliphatic heterocycles. The van der Waals surface area contributed by atoms with Gasteiger partial charge in [-0.1, -0.05) is 0 Å². The predicted octanol–water partition coefficient (Wildman–Crippen LogP) is 3.18. The number of hydrogen-bond donors (Lipinski definition) is 1. The molecule has 1 atom stereocenters. The molecule has 36 heavy (non-hydrogen) atoms. The highest BCUT2D eigenvalue weighted by Crippen LogP contribution is 2.28. The maximum atomic E-state index is 12.9. The zero-order chi connectivity index (χ0) is 25.4. The summed E-state index contributed by atoms with van der Waals surface area (Å²) in [5, 5.41) is 0. The summed E-state index contributed by atoms with van der Waals surface area (Å²) in [6.07, 6.45) is -1.06. The third-order valence-electron chi connectivity index (χ3n) is 6.65. The van der Waals surface area contributed by atoms with E-state index in [1.165, 1.54) is 12.1 Å². The van der Waals surface area contributed by atoms with Crippen LogP contribution in [0.3, 0.4) is 0 Å². The second-order valence-electron chi connectivity index (χ2n) is 9.23. The third kappa shape index (κ3) is 5.18. The second kappa shape index (κ2) is 9.49. The van der Waals surface area contributed by atoms with E-state index in [4.69, 9.17) is 4.74 Å². The van der Waals surface area contributed by atoms with Crippen molar-refractivity contribution in [2.24, 2.45) is 0 Å². The number of piperidine rings is 1. The molecule has 12 heteroatoms. The number of H-pyrrole nitrogens is 1. The first-order valence-corrected chi connectivity index (χ1v) is 11.8. The fourth-order valence-corrected chi connectivity index (χ4v) is 4.90. The van der Waals surface area contributed by atoms with Gasteiger partial charge in [0.1, 0.15) is 17.6 Å². The largest absolute Gasteiger partial charge is 0.573 e. The molecular weight excluding hydrogens is 479 g/mol. The van der Waals surface area contributed by atoms with E-state index in [2.05, 4.69) is 19.6 Å². The standard InChI is InChI=1S/C24H26F3N5O4/c1-30-9-8-18(14-30)35-19-12-20-21(28-13-19)29-23(34)32(20)16-6-10-31(11-7-16)22(33)15-2-4-17(5-3-15)36-24(25,26)27/h2-5,12-13,16,18H,6-11,14H2,1H3,(H,28,29,34). The van der Waals surface area contributed by atoms with Crippen molar-refractivity contribution >= 4 is 17.1 Å². The molecule has 192 valence electrons. The monoisotopic (exact) mass is 505 g/mol. The Bertz CT molecular complexity index is 1300. The van der Waals surface area contributed by atoms with Gasteiger partial charge in [-0.25, -0.2) is 9.78 Å². The number of aromatic nitrogens is 3. The fourth-order valence-electron chi connectivity index (χ4n) is 4.90. The van der Waals surface area contributed by atoms with Gasteiger partial charge in [0, 0.05) is 43.9 Å². The lowest BCUT2D eigenvalue weighted by Crippen LogP contribution is -2.40. The van der Waals surface area contributed by atoms with Crippen LogP contribution in [0.25, 0.3) is 11.2 Å². The van der Waals surface area contributed by atoms with Crippen LogP contribution < -0.4 is 15.2 Å². The van der Waals surface area contributed by atoms with Crippen molar-refractivity contribution < 1.29 is 27.4 Å². The van der Waals surface area contributed by atoms with Gasteiger partial charge in [-0.2, -0.15) is 0 Å². The molecule has 9 nitrogen and oxygen atoms in total. The summed E-state index contributed by atoms with van der Waals surface area (Å²) >= 11 is 0. The van der Waals surface area contributed by atoms with Crippen LogP contribution in [-0.2, 0) is 0 Å². The molecular formula is C24H26F3N5O4. The van der Waals surface area contributed by atoms with Crippen LogP contribution in [0.15, 0.2) is 41.3 Å². The molecule has 1 unspecified atom stereocenters. The van der Waals surface area contributed by atoms with Gasteiger partial charge in [0.05, 0.1) is 11.7 Å². The fraction of sp³-hybridized carbons (Fsp3) is 0.458. The highest BCUT2D eigenvalue weighted by molar-refractivity contribution is 5.94. The number of nitrogens with one attached hydrogen (secondary N) is 1. The minimum absolute atomic E-state index is 0.0803. The van der Waals surface area contributed by atoms with Crippen molar-refractivity contribution in [1.29, 1.82) is 0 Å². The topological polar surface area (TPSA) is 92.7 Å². The number of aromatic amines is 1. The van der Waals surface area contributed by atoms with Gasteiger partial charge in [-0.05, 0) is 50.6 Å². The molecule has 1 amide bonds. The molecule has 0 radical (unpaired) electrons. The van der Waals surface area contributed by atoms with Crippen LogP contribution >= 0.6 is 0 Å². The van der Waals surface area contributed by atoms with Crippen molar-refractivity contribution in [3.05, 3.63) is 52.6 Å². The molecule has 0 bridgehead atoms. The third-order valence-corrected chi connectivity index (χ3v) is 6.65. The van der Waals surface area contributed by atoms with Crippen LogP contribution in [0.1, 0.15) is 35.7 Å². The molecule has 0 saturated carbocycles. The average molecular weight is 505 g/mol. The molecule has 2 saturated heterocycles. The summed E-state index contributed by atoms with van der Waals surface area (Å²) in [5.74, 6) is -0.0494. The van der Waals surface area contributed by atoms with E-state index in [9.17, 15) is 22.8 Å². The number of amides is 1. The quantitative estimate of drug-likeness (QED) is 0.573. The summed E-state index contributed by atoms with van der Waals surface area (Å²) < 4.78 is 48.7. The summed E-state index contributed by atoms with van der Waals surface area (Å²) in [6.45, 7) is 2.61. The van der Waals surface area contributed by atoms with Crippen LogP contribution in [-0.4, -0.2) is 75.9 Å². The molecule has 1 aromatic carbocycles. The lowest BCUT2D eigenvalue weighted by atomic mass is 10.0. The first-order chi connectivity index (χ1) is 17.2. The highest BCUT2D eigenvalue weighted by atomic mass is 19.4. The number of rotatable bonds is 5. The number of likely N-dealkylation sites (N-methyl/N-ethyl adjacent to an activating group) is 1. The molecule has 2 aromatic heterocycles. The Morgan fingerprint density at radius 1 is 1.08 bits per heavy atom. The summed E-state index contributed by atoms with van der Waals surface area (Å²) in [7, 11) is 2.04. The number of nitrogens with zero attached hydrogens (tertiary/aromatic N) is 4. The minimum Gasteiger partial charge on any atom is -0.487 e. The first-order valence-electron chi connectivity index (χ1n) is 11.8. The van der Waals surface area contributed by atoms with Crippen LogP contribution in [0, 0.1) is 0 Å². The van der Waals surface area contributed by atoms with Crippen molar-refractivity contribution in [1.82, 2.24) is 24.3 Å².